The molecule has 1 heterocycles. The first kappa shape index (κ1) is 39.0. The maximum absolute atomic E-state index is 13.5. The molecule has 1 aliphatic heterocycles. The van der Waals surface area contributed by atoms with E-state index in [0.717, 1.165) is 49.9 Å². The SMILES string of the molecule is C=CCOC(=O)[C@H](CC(=O)N[C@@H]1O[C@H](COC(C)=O)[C@@H](OC(C)=O)[C@H](OC(C)=O)[C@H]1NC(C)=O)NC(=O)OCC1c2ccccc2-c2ccccc21. The molecule has 0 unspecified atom stereocenters. The van der Waals surface area contributed by atoms with Crippen molar-refractivity contribution in [2.24, 2.45) is 0 Å². The number of nitrogens with one attached hydrogen (secondary N) is 3. The number of esters is 4. The zero-order chi connectivity index (χ0) is 37.9. The highest BCUT2D eigenvalue weighted by atomic mass is 16.6. The Labute approximate surface area is 299 Å². The Bertz CT molecular complexity index is 1650. The molecule has 0 bridgehead atoms. The molecule has 0 saturated carbocycles. The number of amides is 3. The highest BCUT2D eigenvalue weighted by molar-refractivity contribution is 5.88. The van der Waals surface area contributed by atoms with Crippen molar-refractivity contribution in [2.75, 3.05) is 19.8 Å². The Morgan fingerprint density at radius 2 is 1.37 bits per heavy atom. The Morgan fingerprint density at radius 3 is 1.92 bits per heavy atom. The number of ether oxygens (including phenoxy) is 6. The number of carbonyl (C=O) groups is 7. The monoisotopic (exact) mass is 723 g/mol. The van der Waals surface area contributed by atoms with E-state index in [1.807, 2.05) is 48.5 Å². The summed E-state index contributed by atoms with van der Waals surface area (Å²) >= 11 is 0. The molecule has 4 rings (SSSR count). The van der Waals surface area contributed by atoms with Crippen molar-refractivity contribution in [1.82, 2.24) is 16.0 Å². The van der Waals surface area contributed by atoms with Crippen molar-refractivity contribution >= 4 is 41.8 Å². The van der Waals surface area contributed by atoms with E-state index in [9.17, 15) is 33.6 Å². The molecule has 1 saturated heterocycles. The highest BCUT2D eigenvalue weighted by Gasteiger charge is 2.51. The molecule has 16 heteroatoms. The molecule has 2 aromatic rings. The van der Waals surface area contributed by atoms with Gasteiger partial charge >= 0.3 is 30.0 Å². The average Bonchev–Trinajstić information content (AvgIpc) is 3.40. The van der Waals surface area contributed by atoms with Crippen LogP contribution in [0.2, 0.25) is 0 Å². The van der Waals surface area contributed by atoms with Gasteiger partial charge in [-0.25, -0.2) is 9.59 Å². The first-order valence-corrected chi connectivity index (χ1v) is 16.4. The van der Waals surface area contributed by atoms with Crippen molar-refractivity contribution < 1.29 is 62.0 Å². The molecule has 3 N–H and O–H groups in total. The minimum Gasteiger partial charge on any atom is -0.463 e. The van der Waals surface area contributed by atoms with Crippen molar-refractivity contribution in [1.29, 1.82) is 0 Å². The van der Waals surface area contributed by atoms with Gasteiger partial charge in [0, 0.05) is 33.6 Å². The third kappa shape index (κ3) is 10.2. The van der Waals surface area contributed by atoms with Crippen molar-refractivity contribution in [3.05, 3.63) is 72.3 Å². The summed E-state index contributed by atoms with van der Waals surface area (Å²) in [4.78, 5) is 87.7. The minimum atomic E-state index is -1.56. The number of fused-ring (bicyclic) bond motifs is 3. The summed E-state index contributed by atoms with van der Waals surface area (Å²) < 4.78 is 32.5. The normalized spacial score (nSPS) is 20.8. The topological polar surface area (TPSA) is 211 Å². The number of hydrogen-bond acceptors (Lipinski definition) is 13. The number of hydrogen-bond donors (Lipinski definition) is 3. The van der Waals surface area contributed by atoms with Crippen LogP contribution in [0.5, 0.6) is 0 Å². The summed E-state index contributed by atoms with van der Waals surface area (Å²) in [7, 11) is 0. The second-order valence-electron chi connectivity index (χ2n) is 12.0. The van der Waals surface area contributed by atoms with Gasteiger partial charge < -0.3 is 44.4 Å². The quantitative estimate of drug-likeness (QED) is 0.144. The molecule has 0 spiro atoms. The van der Waals surface area contributed by atoms with Crippen LogP contribution in [-0.4, -0.2) is 98.2 Å². The molecule has 16 nitrogen and oxygen atoms in total. The van der Waals surface area contributed by atoms with Gasteiger partial charge in [0.25, 0.3) is 0 Å². The highest BCUT2D eigenvalue weighted by Crippen LogP contribution is 2.44. The van der Waals surface area contributed by atoms with Crippen molar-refractivity contribution in [2.45, 2.75) is 76.7 Å². The van der Waals surface area contributed by atoms with Gasteiger partial charge in [-0.3, -0.25) is 24.0 Å². The van der Waals surface area contributed by atoms with Gasteiger partial charge in [-0.15, -0.1) is 0 Å². The van der Waals surface area contributed by atoms with E-state index in [4.69, 9.17) is 28.4 Å². The maximum atomic E-state index is 13.5. The molecule has 0 aromatic heterocycles. The van der Waals surface area contributed by atoms with Gasteiger partial charge in [0.2, 0.25) is 11.8 Å². The summed E-state index contributed by atoms with van der Waals surface area (Å²) in [5, 5.41) is 7.43. The Kier molecular flexibility index (Phi) is 13.5. The van der Waals surface area contributed by atoms with Gasteiger partial charge in [0.15, 0.2) is 18.4 Å². The Hall–Kier alpha value is -5.77. The minimum absolute atomic E-state index is 0.0699. The first-order valence-electron chi connectivity index (χ1n) is 16.4. The molecular weight excluding hydrogens is 682 g/mol. The Morgan fingerprint density at radius 1 is 0.769 bits per heavy atom. The van der Waals surface area contributed by atoms with E-state index in [1.54, 1.807) is 0 Å². The zero-order valence-electron chi connectivity index (χ0n) is 29.1. The predicted octanol–water partition coefficient (Wildman–Crippen LogP) is 1.79. The van der Waals surface area contributed by atoms with Gasteiger partial charge in [-0.2, -0.15) is 0 Å². The fraction of sp³-hybridized carbons (Fsp3) is 0.417. The fourth-order valence-electron chi connectivity index (χ4n) is 6.08. The van der Waals surface area contributed by atoms with Crippen LogP contribution < -0.4 is 16.0 Å². The lowest BCUT2D eigenvalue weighted by molar-refractivity contribution is -0.228. The molecule has 6 atom stereocenters. The van der Waals surface area contributed by atoms with E-state index in [2.05, 4.69) is 22.5 Å². The van der Waals surface area contributed by atoms with Crippen LogP contribution in [-0.2, 0) is 57.2 Å². The molecule has 0 radical (unpaired) electrons. The lowest BCUT2D eigenvalue weighted by atomic mass is 9.95. The maximum Gasteiger partial charge on any atom is 0.407 e. The van der Waals surface area contributed by atoms with E-state index in [1.165, 1.54) is 6.08 Å². The second-order valence-corrected chi connectivity index (χ2v) is 12.0. The van der Waals surface area contributed by atoms with Crippen LogP contribution in [0.25, 0.3) is 11.1 Å². The van der Waals surface area contributed by atoms with Crippen LogP contribution in [0.15, 0.2) is 61.2 Å². The second kappa shape index (κ2) is 17.9. The van der Waals surface area contributed by atoms with Gasteiger partial charge in [0.1, 0.15) is 38.0 Å². The first-order chi connectivity index (χ1) is 24.8. The fourth-order valence-corrected chi connectivity index (χ4v) is 6.08. The van der Waals surface area contributed by atoms with Gasteiger partial charge in [-0.05, 0) is 22.3 Å². The van der Waals surface area contributed by atoms with Crippen LogP contribution in [0.1, 0.15) is 51.2 Å². The molecule has 1 fully saturated rings. The standard InChI is InChI=1S/C36H41N3O13/c1-6-15-47-35(45)28(38-36(46)49-17-27-25-13-9-7-11-23(25)24-12-8-10-14-26(24)27)16-30(44)39-34-31(37-19(2)40)33(51-22(5)43)32(50-21(4)42)29(52-34)18-48-20(3)41/h6-14,27-29,31-34H,1,15-18H2,2-5H3,(H,37,40)(H,38,46)(H,39,44)/t28-,29+,31+,32+,33+,34+/m0/s1. The molecule has 278 valence electrons. The summed E-state index contributed by atoms with van der Waals surface area (Å²) in [6, 6.07) is 12.6. The zero-order valence-corrected chi connectivity index (χ0v) is 29.1. The molecule has 52 heavy (non-hydrogen) atoms. The predicted molar refractivity (Wildman–Crippen MR) is 180 cm³/mol. The summed E-state index contributed by atoms with van der Waals surface area (Å²) in [6.45, 7) is 7.15. The van der Waals surface area contributed by atoms with Crippen LogP contribution in [0, 0.1) is 0 Å². The van der Waals surface area contributed by atoms with E-state index in [-0.39, 0.29) is 19.1 Å². The summed E-state index contributed by atoms with van der Waals surface area (Å²) in [5.74, 6) is -5.11. The van der Waals surface area contributed by atoms with Crippen molar-refractivity contribution in [3.8, 4) is 11.1 Å². The number of carbonyl (C=O) groups excluding carboxylic acids is 7. The molecule has 1 aliphatic carbocycles. The van der Waals surface area contributed by atoms with Gasteiger partial charge in [-0.1, -0.05) is 61.2 Å². The average molecular weight is 724 g/mol. The third-order valence-corrected chi connectivity index (χ3v) is 8.07. The number of rotatable bonds is 14. The lowest BCUT2D eigenvalue weighted by Gasteiger charge is -2.45. The Balaban J connectivity index is 1.52. The molecule has 2 aromatic carbocycles. The van der Waals surface area contributed by atoms with Crippen LogP contribution >= 0.6 is 0 Å². The number of benzene rings is 2. The third-order valence-electron chi connectivity index (χ3n) is 8.07. The van der Waals surface area contributed by atoms with E-state index >= 15 is 0 Å². The van der Waals surface area contributed by atoms with Crippen LogP contribution in [0.3, 0.4) is 0 Å². The van der Waals surface area contributed by atoms with Crippen LogP contribution in [0.4, 0.5) is 4.79 Å². The molecule has 2 aliphatic rings. The number of alkyl carbamates (subject to hydrolysis) is 1. The molecule has 3 amide bonds. The summed E-state index contributed by atoms with van der Waals surface area (Å²) in [5.41, 5.74) is 3.97. The lowest BCUT2D eigenvalue weighted by Crippen LogP contribution is -2.69. The summed E-state index contributed by atoms with van der Waals surface area (Å²) in [6.07, 6.45) is -6.01. The van der Waals surface area contributed by atoms with Crippen molar-refractivity contribution in [3.63, 3.8) is 0 Å². The smallest absolute Gasteiger partial charge is 0.407 e. The largest absolute Gasteiger partial charge is 0.463 e. The van der Waals surface area contributed by atoms with E-state index < -0.39 is 91.4 Å². The van der Waals surface area contributed by atoms with E-state index in [0.29, 0.717) is 0 Å². The molecular formula is C36H41N3O13. The van der Waals surface area contributed by atoms with Gasteiger partial charge in [0.05, 0.1) is 6.42 Å².